The van der Waals surface area contributed by atoms with Gasteiger partial charge in [-0.1, -0.05) is 18.6 Å². The van der Waals surface area contributed by atoms with Crippen molar-refractivity contribution < 1.29 is 4.79 Å². The minimum absolute atomic E-state index is 0.0667. The van der Waals surface area contributed by atoms with Crippen molar-refractivity contribution >= 4 is 11.6 Å². The highest BCUT2D eigenvalue weighted by Crippen LogP contribution is 2.65. The second-order valence-electron chi connectivity index (χ2n) is 8.57. The Morgan fingerprint density at radius 2 is 1.91 bits per heavy atom. The van der Waals surface area contributed by atoms with Crippen LogP contribution in [-0.4, -0.2) is 22.5 Å². The summed E-state index contributed by atoms with van der Waals surface area (Å²) in [6.45, 7) is 0. The topological polar surface area (TPSA) is 32.3 Å². The van der Waals surface area contributed by atoms with Gasteiger partial charge >= 0.3 is 0 Å². The minimum atomic E-state index is -0.0667. The number of benzene rings is 1. The van der Waals surface area contributed by atoms with Crippen molar-refractivity contribution in [3.63, 3.8) is 0 Å². The number of carbonyl (C=O) groups excluding carboxylic acids is 1. The van der Waals surface area contributed by atoms with Gasteiger partial charge in [0.15, 0.2) is 0 Å². The summed E-state index contributed by atoms with van der Waals surface area (Å²) in [4.78, 5) is 15.6. The van der Waals surface area contributed by atoms with Crippen molar-refractivity contribution in [1.82, 2.24) is 4.90 Å². The van der Waals surface area contributed by atoms with E-state index in [1.807, 2.05) is 12.1 Å². The van der Waals surface area contributed by atoms with Gasteiger partial charge in [0.2, 0.25) is 0 Å². The number of nitrogens with one attached hydrogen (secondary N) is 1. The summed E-state index contributed by atoms with van der Waals surface area (Å²) < 4.78 is 0. The molecule has 2 bridgehead atoms. The largest absolute Gasteiger partial charge is 0.362 e. The second-order valence-corrected chi connectivity index (χ2v) is 8.57. The molecule has 6 rings (SSSR count). The highest BCUT2D eigenvalue weighted by atomic mass is 16.2. The number of anilines is 1. The zero-order valence-corrected chi connectivity index (χ0v) is 13.5. The fraction of sp³-hybridized carbons (Fsp3) is 0.650. The lowest BCUT2D eigenvalue weighted by molar-refractivity contribution is 0.0109. The molecule has 1 unspecified atom stereocenters. The Balaban J connectivity index is 1.49. The molecule has 1 amide bonds. The van der Waals surface area contributed by atoms with Gasteiger partial charge < -0.3 is 10.2 Å². The molecule has 5 aliphatic rings. The van der Waals surface area contributed by atoms with Crippen molar-refractivity contribution in [1.29, 1.82) is 0 Å². The van der Waals surface area contributed by atoms with Crippen LogP contribution in [0.4, 0.5) is 5.69 Å². The summed E-state index contributed by atoms with van der Waals surface area (Å²) >= 11 is 0. The van der Waals surface area contributed by atoms with E-state index in [2.05, 4.69) is 22.3 Å². The third-order valence-electron chi connectivity index (χ3n) is 7.56. The third kappa shape index (κ3) is 1.49. The number of carbonyl (C=O) groups is 1. The molecule has 4 fully saturated rings. The van der Waals surface area contributed by atoms with Gasteiger partial charge in [0, 0.05) is 17.6 Å². The molecule has 4 aliphatic carbocycles. The third-order valence-corrected chi connectivity index (χ3v) is 7.56. The first-order chi connectivity index (χ1) is 11.3. The van der Waals surface area contributed by atoms with E-state index in [-0.39, 0.29) is 5.66 Å². The van der Waals surface area contributed by atoms with Crippen LogP contribution in [0.2, 0.25) is 0 Å². The van der Waals surface area contributed by atoms with Crippen molar-refractivity contribution in [2.45, 2.75) is 56.7 Å². The van der Waals surface area contributed by atoms with E-state index in [1.54, 1.807) is 0 Å². The van der Waals surface area contributed by atoms with E-state index in [0.717, 1.165) is 29.0 Å². The Morgan fingerprint density at radius 3 is 2.78 bits per heavy atom. The lowest BCUT2D eigenvalue weighted by atomic mass is 9.73. The highest BCUT2D eigenvalue weighted by molar-refractivity contribution is 6.02. The first-order valence-corrected chi connectivity index (χ1v) is 9.49. The van der Waals surface area contributed by atoms with Crippen molar-refractivity contribution in [2.24, 2.45) is 23.7 Å². The molecule has 1 spiro atoms. The number of hydrogen-bond acceptors (Lipinski definition) is 2. The fourth-order valence-electron chi connectivity index (χ4n) is 6.74. The molecule has 3 nitrogen and oxygen atoms in total. The van der Waals surface area contributed by atoms with E-state index in [9.17, 15) is 4.79 Å². The molecule has 23 heavy (non-hydrogen) atoms. The number of nitrogens with zero attached hydrogens (tertiary/aromatic N) is 1. The second kappa shape index (κ2) is 4.12. The molecule has 0 saturated heterocycles. The van der Waals surface area contributed by atoms with Gasteiger partial charge in [-0.2, -0.15) is 0 Å². The number of amides is 1. The molecule has 3 heteroatoms. The van der Waals surface area contributed by atoms with Crippen molar-refractivity contribution in [3.05, 3.63) is 29.8 Å². The summed E-state index contributed by atoms with van der Waals surface area (Å²) in [5.74, 6) is 3.64. The molecular weight excluding hydrogens is 284 g/mol. The van der Waals surface area contributed by atoms with Gasteiger partial charge in [0.25, 0.3) is 5.91 Å². The van der Waals surface area contributed by atoms with E-state index in [0.29, 0.717) is 17.9 Å². The Labute approximate surface area is 137 Å². The Bertz CT molecular complexity index is 697. The van der Waals surface area contributed by atoms with Crippen LogP contribution in [0.25, 0.3) is 0 Å². The SMILES string of the molecule is O=C1c2ccccc2N[C@@]2(C[C@H]3CC2[C@H]2CCC[C@H]32)N1C1CC1. The normalized spacial score (nSPS) is 43.7. The lowest BCUT2D eigenvalue weighted by Crippen LogP contribution is -2.65. The lowest BCUT2D eigenvalue weighted by Gasteiger charge is -2.53. The first kappa shape index (κ1) is 12.9. The highest BCUT2D eigenvalue weighted by Gasteiger charge is 2.66. The van der Waals surface area contributed by atoms with Crippen LogP contribution in [0.1, 0.15) is 55.3 Å². The van der Waals surface area contributed by atoms with Gasteiger partial charge in [0.05, 0.1) is 5.56 Å². The molecule has 5 atom stereocenters. The molecule has 1 N–H and O–H groups in total. The molecule has 120 valence electrons. The summed E-state index contributed by atoms with van der Waals surface area (Å²) in [7, 11) is 0. The standard InChI is InChI=1S/C20H24N2O/c23-19-16-4-1-2-7-18(16)21-20(22(19)13-8-9-13)11-12-10-17(20)15-6-3-5-14(12)15/h1-2,4,7,12-15,17,21H,3,5-6,8-11H2/t12-,14-,15+,17?,20+/m1/s1. The number of rotatable bonds is 1. The zero-order valence-electron chi connectivity index (χ0n) is 13.5. The Hall–Kier alpha value is -1.51. The van der Waals surface area contributed by atoms with Gasteiger partial charge in [-0.25, -0.2) is 0 Å². The fourth-order valence-corrected chi connectivity index (χ4v) is 6.74. The van der Waals surface area contributed by atoms with Gasteiger partial charge in [-0.05, 0) is 68.4 Å². The molecule has 1 aromatic carbocycles. The van der Waals surface area contributed by atoms with Gasteiger partial charge in [0.1, 0.15) is 5.66 Å². The average molecular weight is 308 g/mol. The van der Waals surface area contributed by atoms with Crippen LogP contribution in [-0.2, 0) is 0 Å². The molecule has 1 aliphatic heterocycles. The molecule has 1 heterocycles. The van der Waals surface area contributed by atoms with E-state index in [1.165, 1.54) is 44.9 Å². The average Bonchev–Trinajstić information content (AvgIpc) is 3.01. The number of hydrogen-bond donors (Lipinski definition) is 1. The molecule has 4 saturated carbocycles. The number of para-hydroxylation sites is 1. The summed E-state index contributed by atoms with van der Waals surface area (Å²) in [5.41, 5.74) is 1.90. The van der Waals surface area contributed by atoms with Crippen molar-refractivity contribution in [2.75, 3.05) is 5.32 Å². The van der Waals surface area contributed by atoms with Crippen molar-refractivity contribution in [3.8, 4) is 0 Å². The van der Waals surface area contributed by atoms with Gasteiger partial charge in [-0.15, -0.1) is 0 Å². The van der Waals surface area contributed by atoms with Crippen LogP contribution in [0.5, 0.6) is 0 Å². The van der Waals surface area contributed by atoms with Crippen LogP contribution in [0.15, 0.2) is 24.3 Å². The summed E-state index contributed by atoms with van der Waals surface area (Å²) in [6, 6.07) is 8.65. The van der Waals surface area contributed by atoms with E-state index in [4.69, 9.17) is 0 Å². The molecule has 0 aromatic heterocycles. The summed E-state index contributed by atoms with van der Waals surface area (Å²) in [5, 5.41) is 3.92. The van der Waals surface area contributed by atoms with Gasteiger partial charge in [-0.3, -0.25) is 4.79 Å². The predicted octanol–water partition coefficient (Wildman–Crippen LogP) is 3.87. The quantitative estimate of drug-likeness (QED) is 0.854. The van der Waals surface area contributed by atoms with Crippen LogP contribution in [0.3, 0.4) is 0 Å². The smallest absolute Gasteiger partial charge is 0.258 e. The van der Waals surface area contributed by atoms with E-state index < -0.39 is 0 Å². The Kier molecular flexibility index (Phi) is 2.30. The van der Waals surface area contributed by atoms with E-state index >= 15 is 0 Å². The summed E-state index contributed by atoms with van der Waals surface area (Å²) in [6.07, 6.45) is 9.17. The predicted molar refractivity (Wildman–Crippen MR) is 89.0 cm³/mol. The molecule has 0 radical (unpaired) electrons. The van der Waals surface area contributed by atoms with Crippen LogP contribution < -0.4 is 5.32 Å². The molecular formula is C20H24N2O. The molecule has 1 aromatic rings. The maximum atomic E-state index is 13.3. The minimum Gasteiger partial charge on any atom is -0.362 e. The first-order valence-electron chi connectivity index (χ1n) is 9.49. The van der Waals surface area contributed by atoms with Crippen LogP contribution in [0, 0.1) is 23.7 Å². The zero-order chi connectivity index (χ0) is 15.2. The maximum absolute atomic E-state index is 13.3. The number of fused-ring (bicyclic) bond motifs is 7. The maximum Gasteiger partial charge on any atom is 0.258 e. The Morgan fingerprint density at radius 1 is 1.09 bits per heavy atom. The monoisotopic (exact) mass is 308 g/mol. The van der Waals surface area contributed by atoms with Crippen LogP contribution >= 0.6 is 0 Å².